The first-order valence-electron chi connectivity index (χ1n) is 12.9. The number of methoxy groups -OCH3 is 1. The molecule has 0 radical (unpaired) electrons. The lowest BCUT2D eigenvalue weighted by atomic mass is 9.74. The highest BCUT2D eigenvalue weighted by Crippen LogP contribution is 2.43. The quantitative estimate of drug-likeness (QED) is 0.203. The summed E-state index contributed by atoms with van der Waals surface area (Å²) < 4.78 is 20.8. The number of ether oxygens (including phenoxy) is 1. The van der Waals surface area contributed by atoms with E-state index in [4.69, 9.17) is 21.4 Å². The second-order valence-electron chi connectivity index (χ2n) is 9.54. The van der Waals surface area contributed by atoms with Gasteiger partial charge in [0.25, 0.3) is 5.91 Å². The smallest absolute Gasteiger partial charge is 0.305 e. The molecule has 0 saturated heterocycles. The van der Waals surface area contributed by atoms with E-state index in [1.807, 2.05) is 54.6 Å². The zero-order valence-corrected chi connectivity index (χ0v) is 22.7. The van der Waals surface area contributed by atoms with Gasteiger partial charge in [-0.25, -0.2) is 4.39 Å². The summed E-state index contributed by atoms with van der Waals surface area (Å²) in [5.41, 5.74) is 3.34. The number of fused-ring (bicyclic) bond motifs is 1. The molecule has 202 valence electrons. The van der Waals surface area contributed by atoms with Crippen LogP contribution < -0.4 is 10.1 Å². The first kappa shape index (κ1) is 28.1. The van der Waals surface area contributed by atoms with Crippen molar-refractivity contribution in [1.29, 1.82) is 0 Å². The Hall–Kier alpha value is -3.90. The van der Waals surface area contributed by atoms with Gasteiger partial charge in [0.05, 0.1) is 13.5 Å². The van der Waals surface area contributed by atoms with Crippen molar-refractivity contribution in [3.8, 4) is 5.75 Å². The van der Waals surface area contributed by atoms with Crippen LogP contribution in [0.3, 0.4) is 0 Å². The van der Waals surface area contributed by atoms with Crippen molar-refractivity contribution in [2.75, 3.05) is 13.7 Å². The molecule has 7 heteroatoms. The van der Waals surface area contributed by atoms with Gasteiger partial charge in [-0.3, -0.25) is 9.59 Å². The van der Waals surface area contributed by atoms with Crippen LogP contribution in [0.25, 0.3) is 10.8 Å². The Kier molecular flexibility index (Phi) is 9.20. The third kappa shape index (κ3) is 6.76. The van der Waals surface area contributed by atoms with E-state index in [2.05, 4.69) is 12.2 Å². The molecular weight excluding hydrogens is 517 g/mol. The van der Waals surface area contributed by atoms with Crippen LogP contribution in [0.5, 0.6) is 5.75 Å². The molecule has 0 spiro atoms. The summed E-state index contributed by atoms with van der Waals surface area (Å²) in [5, 5.41) is 13.4. The molecule has 2 N–H and O–H groups in total. The summed E-state index contributed by atoms with van der Waals surface area (Å²) in [4.78, 5) is 23.2. The zero-order valence-electron chi connectivity index (χ0n) is 21.9. The number of carbonyl (C=O) groups is 2. The Morgan fingerprint density at radius 3 is 2.28 bits per heavy atom. The van der Waals surface area contributed by atoms with Gasteiger partial charge < -0.3 is 15.2 Å². The van der Waals surface area contributed by atoms with E-state index in [0.717, 1.165) is 34.9 Å². The molecule has 0 aliphatic rings. The molecule has 39 heavy (non-hydrogen) atoms. The van der Waals surface area contributed by atoms with E-state index >= 15 is 4.39 Å². The van der Waals surface area contributed by atoms with Crippen LogP contribution in [0.1, 0.15) is 65.1 Å². The van der Waals surface area contributed by atoms with Crippen molar-refractivity contribution in [1.82, 2.24) is 5.32 Å². The van der Waals surface area contributed by atoms with E-state index in [9.17, 15) is 9.59 Å². The SMILES string of the molecule is CCCC(c1ccc(C(=O)NCCC(=O)O)cc1)C(c1ccc(Cl)cc1)c1cc(F)c2cc(OC)ccc2c1. The van der Waals surface area contributed by atoms with E-state index in [-0.39, 0.29) is 36.5 Å². The van der Waals surface area contributed by atoms with Crippen molar-refractivity contribution in [3.63, 3.8) is 0 Å². The maximum Gasteiger partial charge on any atom is 0.305 e. The largest absolute Gasteiger partial charge is 0.497 e. The number of nitrogens with one attached hydrogen (secondary N) is 1. The maximum atomic E-state index is 15.5. The van der Waals surface area contributed by atoms with E-state index in [1.165, 1.54) is 0 Å². The normalized spacial score (nSPS) is 12.6. The van der Waals surface area contributed by atoms with Gasteiger partial charge in [-0.2, -0.15) is 0 Å². The zero-order chi connectivity index (χ0) is 27.9. The predicted molar refractivity (Wildman–Crippen MR) is 152 cm³/mol. The monoisotopic (exact) mass is 547 g/mol. The summed E-state index contributed by atoms with van der Waals surface area (Å²) >= 11 is 6.21. The molecule has 1 amide bonds. The van der Waals surface area contributed by atoms with Gasteiger partial charge >= 0.3 is 5.97 Å². The molecule has 4 aromatic carbocycles. The van der Waals surface area contributed by atoms with Gasteiger partial charge in [0.1, 0.15) is 11.6 Å². The lowest BCUT2D eigenvalue weighted by Gasteiger charge is -2.29. The van der Waals surface area contributed by atoms with Gasteiger partial charge in [-0.15, -0.1) is 0 Å². The highest BCUT2D eigenvalue weighted by Gasteiger charge is 2.27. The maximum absolute atomic E-state index is 15.5. The van der Waals surface area contributed by atoms with Crippen molar-refractivity contribution >= 4 is 34.2 Å². The highest BCUT2D eigenvalue weighted by molar-refractivity contribution is 6.30. The van der Waals surface area contributed by atoms with Crippen LogP contribution in [0.15, 0.2) is 78.9 Å². The van der Waals surface area contributed by atoms with Crippen LogP contribution in [-0.2, 0) is 4.79 Å². The summed E-state index contributed by atoms with van der Waals surface area (Å²) in [7, 11) is 1.56. The Morgan fingerprint density at radius 2 is 1.64 bits per heavy atom. The molecule has 0 aliphatic carbocycles. The molecule has 4 aromatic rings. The molecule has 4 rings (SSSR count). The van der Waals surface area contributed by atoms with Crippen LogP contribution in [0.4, 0.5) is 4.39 Å². The summed E-state index contributed by atoms with van der Waals surface area (Å²) in [6.45, 7) is 2.18. The van der Waals surface area contributed by atoms with Gasteiger partial charge in [-0.1, -0.05) is 61.3 Å². The average Bonchev–Trinajstić information content (AvgIpc) is 2.93. The summed E-state index contributed by atoms with van der Waals surface area (Å²) in [5.74, 6) is -1.18. The van der Waals surface area contributed by atoms with Crippen LogP contribution in [0.2, 0.25) is 5.02 Å². The van der Waals surface area contributed by atoms with Gasteiger partial charge in [0, 0.05) is 28.4 Å². The van der Waals surface area contributed by atoms with E-state index < -0.39 is 5.97 Å². The first-order chi connectivity index (χ1) is 18.8. The standard InChI is InChI=1S/C32H31ClFNO4/c1-3-4-27(20-5-7-22(8-6-20)32(38)35-16-15-30(36)37)31(21-9-12-25(33)13-10-21)24-17-23-11-14-26(39-2)19-28(23)29(34)18-24/h5-14,17-19,27,31H,3-4,15-16H2,1-2H3,(H,35,38)(H,36,37). The predicted octanol–water partition coefficient (Wildman–Crippen LogP) is 7.56. The molecule has 0 bridgehead atoms. The number of hydrogen-bond donors (Lipinski definition) is 2. The number of rotatable bonds is 11. The summed E-state index contributed by atoms with van der Waals surface area (Å²) in [6.07, 6.45) is 1.60. The Labute approximate surface area is 232 Å². The van der Waals surface area contributed by atoms with Crippen molar-refractivity contribution in [3.05, 3.63) is 112 Å². The Bertz CT molecular complexity index is 1450. The molecule has 5 nitrogen and oxygen atoms in total. The van der Waals surface area contributed by atoms with Gasteiger partial charge in [0.2, 0.25) is 0 Å². The number of carboxylic acids is 1. The number of amides is 1. The minimum absolute atomic E-state index is 0.00426. The number of halogens is 2. The first-order valence-corrected chi connectivity index (χ1v) is 13.3. The minimum Gasteiger partial charge on any atom is -0.497 e. The lowest BCUT2D eigenvalue weighted by molar-refractivity contribution is -0.136. The molecule has 2 unspecified atom stereocenters. The van der Waals surface area contributed by atoms with Crippen LogP contribution in [-0.4, -0.2) is 30.6 Å². The van der Waals surface area contributed by atoms with Crippen molar-refractivity contribution in [2.45, 2.75) is 38.0 Å². The topological polar surface area (TPSA) is 75.6 Å². The molecule has 0 aromatic heterocycles. The van der Waals surface area contributed by atoms with Crippen LogP contribution in [0, 0.1) is 5.82 Å². The number of hydrogen-bond acceptors (Lipinski definition) is 3. The van der Waals surface area contributed by atoms with Crippen LogP contribution >= 0.6 is 11.6 Å². The number of aliphatic carboxylic acids is 1. The second-order valence-corrected chi connectivity index (χ2v) is 9.97. The molecular formula is C32H31ClFNO4. The molecule has 0 aliphatic heterocycles. The fourth-order valence-corrected chi connectivity index (χ4v) is 5.18. The molecule has 0 heterocycles. The highest BCUT2D eigenvalue weighted by atomic mass is 35.5. The van der Waals surface area contributed by atoms with E-state index in [0.29, 0.717) is 21.7 Å². The van der Waals surface area contributed by atoms with Gasteiger partial charge in [-0.05, 0) is 76.9 Å². The van der Waals surface area contributed by atoms with E-state index in [1.54, 1.807) is 31.4 Å². The van der Waals surface area contributed by atoms with Crippen molar-refractivity contribution in [2.24, 2.45) is 0 Å². The second kappa shape index (κ2) is 12.8. The average molecular weight is 548 g/mol. The number of carboxylic acid groups (broad SMARTS) is 1. The molecule has 0 fully saturated rings. The Balaban J connectivity index is 1.75. The molecule has 0 saturated carbocycles. The number of benzene rings is 4. The number of carbonyl (C=O) groups excluding carboxylic acids is 1. The minimum atomic E-state index is -0.967. The molecule has 2 atom stereocenters. The third-order valence-electron chi connectivity index (χ3n) is 6.95. The van der Waals surface area contributed by atoms with Crippen molar-refractivity contribution < 1.29 is 23.8 Å². The summed E-state index contributed by atoms with van der Waals surface area (Å²) in [6, 6.07) is 24.0. The Morgan fingerprint density at radius 1 is 0.949 bits per heavy atom. The lowest BCUT2D eigenvalue weighted by Crippen LogP contribution is -2.26. The fraction of sp³-hybridized carbons (Fsp3) is 0.250. The van der Waals surface area contributed by atoms with Gasteiger partial charge in [0.15, 0.2) is 0 Å². The fourth-order valence-electron chi connectivity index (χ4n) is 5.05. The third-order valence-corrected chi connectivity index (χ3v) is 7.20.